The second-order valence-corrected chi connectivity index (χ2v) is 4.61. The Labute approximate surface area is 121 Å². The number of carbonyl (C=O) groups is 1. The Morgan fingerprint density at radius 1 is 1.35 bits per heavy atom. The van der Waals surface area contributed by atoms with Gasteiger partial charge < -0.3 is 20.7 Å². The summed E-state index contributed by atoms with van der Waals surface area (Å²) in [5, 5.41) is 10.7. The van der Waals surface area contributed by atoms with Gasteiger partial charge >= 0.3 is 0 Å². The van der Waals surface area contributed by atoms with Crippen LogP contribution in [0.25, 0.3) is 0 Å². The standard InChI is InChI=1S/C10H20N4O2.C4H8/c11-4-8-14(12)7-3-10(16)13-5-1-9(15)2-6-13;1-3-4-2/h4,8-9,15H,1-3,5-7,11-12H2;3-4H,1-2H3/b8-4-;4-3-. The molecule has 1 amide bonds. The first-order chi connectivity index (χ1) is 9.54. The largest absolute Gasteiger partial charge is 0.403 e. The zero-order chi connectivity index (χ0) is 15.4. The second-order valence-electron chi connectivity index (χ2n) is 4.61. The van der Waals surface area contributed by atoms with Crippen molar-refractivity contribution in [2.75, 3.05) is 19.6 Å². The van der Waals surface area contributed by atoms with E-state index >= 15 is 0 Å². The van der Waals surface area contributed by atoms with Crippen LogP contribution in [0, 0.1) is 0 Å². The smallest absolute Gasteiger partial charge is 0.224 e. The molecule has 0 aromatic heterocycles. The van der Waals surface area contributed by atoms with E-state index in [9.17, 15) is 9.90 Å². The van der Waals surface area contributed by atoms with Gasteiger partial charge in [-0.1, -0.05) is 12.2 Å². The van der Waals surface area contributed by atoms with E-state index < -0.39 is 0 Å². The van der Waals surface area contributed by atoms with Crippen molar-refractivity contribution < 1.29 is 9.90 Å². The van der Waals surface area contributed by atoms with Gasteiger partial charge in [-0.05, 0) is 26.7 Å². The molecule has 0 aromatic carbocycles. The summed E-state index contributed by atoms with van der Waals surface area (Å²) in [6.45, 7) is 5.72. The van der Waals surface area contributed by atoms with Crippen LogP contribution in [-0.2, 0) is 4.79 Å². The first-order valence-corrected chi connectivity index (χ1v) is 6.98. The Morgan fingerprint density at radius 3 is 2.35 bits per heavy atom. The minimum absolute atomic E-state index is 0.0766. The molecule has 0 saturated carbocycles. The molecule has 0 unspecified atom stereocenters. The van der Waals surface area contributed by atoms with E-state index in [4.69, 9.17) is 11.6 Å². The zero-order valence-electron chi connectivity index (χ0n) is 12.5. The van der Waals surface area contributed by atoms with Crippen molar-refractivity contribution in [3.63, 3.8) is 0 Å². The first-order valence-electron chi connectivity index (χ1n) is 6.98. The van der Waals surface area contributed by atoms with Crippen molar-refractivity contribution >= 4 is 5.91 Å². The van der Waals surface area contributed by atoms with Crippen LogP contribution >= 0.6 is 0 Å². The predicted molar refractivity (Wildman–Crippen MR) is 81.1 cm³/mol. The van der Waals surface area contributed by atoms with Crippen LogP contribution in [0.3, 0.4) is 0 Å². The SMILES string of the molecule is C/C=C\C.N/C=C\N(N)CCC(=O)N1CCC(O)CC1. The number of aliphatic hydroxyl groups excluding tert-OH is 1. The summed E-state index contributed by atoms with van der Waals surface area (Å²) < 4.78 is 0. The summed E-state index contributed by atoms with van der Waals surface area (Å²) in [6, 6.07) is 0. The molecule has 0 bridgehead atoms. The van der Waals surface area contributed by atoms with E-state index in [2.05, 4.69) is 0 Å². The van der Waals surface area contributed by atoms with E-state index in [-0.39, 0.29) is 12.0 Å². The Hall–Kier alpha value is -1.53. The van der Waals surface area contributed by atoms with Gasteiger partial charge in [-0.15, -0.1) is 0 Å². The Balaban J connectivity index is 0.000000796. The minimum atomic E-state index is -0.254. The highest BCUT2D eigenvalue weighted by Gasteiger charge is 2.20. The lowest BCUT2D eigenvalue weighted by Crippen LogP contribution is -2.41. The number of rotatable bonds is 4. The lowest BCUT2D eigenvalue weighted by molar-refractivity contribution is -0.133. The minimum Gasteiger partial charge on any atom is -0.403 e. The molecule has 20 heavy (non-hydrogen) atoms. The highest BCUT2D eigenvalue weighted by molar-refractivity contribution is 5.76. The number of piperidine rings is 1. The number of hydrogen-bond donors (Lipinski definition) is 3. The third kappa shape index (κ3) is 8.55. The van der Waals surface area contributed by atoms with Crippen molar-refractivity contribution in [1.82, 2.24) is 9.91 Å². The van der Waals surface area contributed by atoms with E-state index in [0.29, 0.717) is 38.9 Å². The van der Waals surface area contributed by atoms with Crippen LogP contribution < -0.4 is 11.6 Å². The highest BCUT2D eigenvalue weighted by Crippen LogP contribution is 2.10. The molecule has 1 rings (SSSR count). The van der Waals surface area contributed by atoms with Crippen molar-refractivity contribution in [2.24, 2.45) is 11.6 Å². The molecule has 5 N–H and O–H groups in total. The maximum absolute atomic E-state index is 11.7. The van der Waals surface area contributed by atoms with Crippen molar-refractivity contribution in [3.8, 4) is 0 Å². The second kappa shape index (κ2) is 11.3. The lowest BCUT2D eigenvalue weighted by atomic mass is 10.1. The molecule has 0 radical (unpaired) electrons. The van der Waals surface area contributed by atoms with Crippen LogP contribution in [0.1, 0.15) is 33.1 Å². The number of hydrogen-bond acceptors (Lipinski definition) is 5. The number of aliphatic hydroxyl groups is 1. The normalized spacial score (nSPS) is 16.3. The number of carbonyl (C=O) groups excluding carboxylic acids is 1. The van der Waals surface area contributed by atoms with Gasteiger partial charge in [-0.25, -0.2) is 5.84 Å². The van der Waals surface area contributed by atoms with E-state index in [0.717, 1.165) is 0 Å². The number of hydrazine groups is 1. The maximum Gasteiger partial charge on any atom is 0.224 e. The van der Waals surface area contributed by atoms with Gasteiger partial charge in [0, 0.05) is 38.5 Å². The van der Waals surface area contributed by atoms with Crippen molar-refractivity contribution in [3.05, 3.63) is 24.6 Å². The number of allylic oxidation sites excluding steroid dienone is 2. The predicted octanol–water partition coefficient (Wildman–Crippen LogP) is 0.548. The van der Waals surface area contributed by atoms with Gasteiger partial charge in [-0.3, -0.25) is 4.79 Å². The quantitative estimate of drug-likeness (QED) is 0.398. The number of nitrogens with two attached hydrogens (primary N) is 2. The van der Waals surface area contributed by atoms with E-state index in [1.54, 1.807) is 4.90 Å². The summed E-state index contributed by atoms with van der Waals surface area (Å²) in [7, 11) is 0. The summed E-state index contributed by atoms with van der Waals surface area (Å²) >= 11 is 0. The summed E-state index contributed by atoms with van der Waals surface area (Å²) in [6.07, 6.45) is 8.31. The Bertz CT molecular complexity index is 306. The average molecular weight is 284 g/mol. The van der Waals surface area contributed by atoms with Gasteiger partial charge in [0.05, 0.1) is 6.10 Å². The summed E-state index contributed by atoms with van der Waals surface area (Å²) in [5.74, 6) is 5.62. The molecule has 0 aliphatic carbocycles. The van der Waals surface area contributed by atoms with Crippen LogP contribution in [0.2, 0.25) is 0 Å². The molecular formula is C14H28N4O2. The number of nitrogens with zero attached hydrogens (tertiary/aromatic N) is 2. The fourth-order valence-electron chi connectivity index (χ4n) is 1.68. The van der Waals surface area contributed by atoms with Crippen LogP contribution in [0.15, 0.2) is 24.6 Å². The topological polar surface area (TPSA) is 95.8 Å². The summed E-state index contributed by atoms with van der Waals surface area (Å²) in [5.41, 5.74) is 5.17. The van der Waals surface area contributed by atoms with Crippen molar-refractivity contribution in [2.45, 2.75) is 39.2 Å². The maximum atomic E-state index is 11.7. The highest BCUT2D eigenvalue weighted by atomic mass is 16.3. The number of likely N-dealkylation sites (tertiary alicyclic amines) is 1. The molecule has 0 aromatic rings. The van der Waals surface area contributed by atoms with Gasteiger partial charge in [0.2, 0.25) is 5.91 Å². The first kappa shape index (κ1) is 18.5. The average Bonchev–Trinajstić information content (AvgIpc) is 2.46. The Kier molecular flexibility index (Phi) is 10.4. The van der Waals surface area contributed by atoms with Crippen molar-refractivity contribution in [1.29, 1.82) is 0 Å². The van der Waals surface area contributed by atoms with E-state index in [1.807, 2.05) is 26.0 Å². The van der Waals surface area contributed by atoms with Crippen LogP contribution in [0.5, 0.6) is 0 Å². The molecule has 1 saturated heterocycles. The van der Waals surface area contributed by atoms with Gasteiger partial charge in [0.1, 0.15) is 0 Å². The molecule has 1 aliphatic rings. The fraction of sp³-hybridized carbons (Fsp3) is 0.643. The van der Waals surface area contributed by atoms with E-state index in [1.165, 1.54) is 17.4 Å². The molecule has 0 spiro atoms. The lowest BCUT2D eigenvalue weighted by Gasteiger charge is -2.30. The molecule has 116 valence electrons. The molecule has 6 heteroatoms. The Morgan fingerprint density at radius 2 is 1.90 bits per heavy atom. The van der Waals surface area contributed by atoms with Gasteiger partial charge in [-0.2, -0.15) is 0 Å². The summed E-state index contributed by atoms with van der Waals surface area (Å²) in [4.78, 5) is 13.5. The van der Waals surface area contributed by atoms with Crippen LogP contribution in [-0.4, -0.2) is 46.7 Å². The fourth-order valence-corrected chi connectivity index (χ4v) is 1.68. The third-order valence-electron chi connectivity index (χ3n) is 3.01. The molecule has 6 nitrogen and oxygen atoms in total. The third-order valence-corrected chi connectivity index (χ3v) is 3.01. The molecule has 1 heterocycles. The zero-order valence-corrected chi connectivity index (χ0v) is 12.5. The van der Waals surface area contributed by atoms with Gasteiger partial charge in [0.25, 0.3) is 0 Å². The van der Waals surface area contributed by atoms with Crippen LogP contribution in [0.4, 0.5) is 0 Å². The molecule has 1 fully saturated rings. The van der Waals surface area contributed by atoms with Gasteiger partial charge in [0.15, 0.2) is 0 Å². The number of amides is 1. The molecule has 0 atom stereocenters. The monoisotopic (exact) mass is 284 g/mol. The molecule has 1 aliphatic heterocycles. The molecular weight excluding hydrogens is 256 g/mol.